The molecule has 1 N–H and O–H groups in total. The smallest absolute Gasteiger partial charge is 0.330 e. The molecule has 0 spiro atoms. The Morgan fingerprint density at radius 1 is 1.26 bits per heavy atom. The summed E-state index contributed by atoms with van der Waals surface area (Å²) in [6.07, 6.45) is 2.33. The minimum atomic E-state index is -1.31. The van der Waals surface area contributed by atoms with Crippen LogP contribution in [0.4, 0.5) is 0 Å². The second-order valence-corrected chi connectivity index (χ2v) is 6.61. The van der Waals surface area contributed by atoms with Gasteiger partial charge < -0.3 is 5.11 Å². The first-order chi connectivity index (χ1) is 8.70. The number of carbonyl (C=O) groups excluding carboxylic acids is 2. The lowest BCUT2D eigenvalue weighted by molar-refractivity contribution is -0.167. The zero-order valence-corrected chi connectivity index (χ0v) is 11.7. The third-order valence-electron chi connectivity index (χ3n) is 4.55. The molecule has 5 nitrogen and oxygen atoms in total. The summed E-state index contributed by atoms with van der Waals surface area (Å²) in [4.78, 5) is 37.3. The molecule has 2 amide bonds. The van der Waals surface area contributed by atoms with Gasteiger partial charge in [-0.3, -0.25) is 14.5 Å². The number of hydrogen-bond acceptors (Lipinski definition) is 3. The van der Waals surface area contributed by atoms with E-state index in [2.05, 4.69) is 6.92 Å². The average molecular weight is 267 g/mol. The Balaban J connectivity index is 2.38. The van der Waals surface area contributed by atoms with Crippen LogP contribution in [0.2, 0.25) is 0 Å². The normalized spacial score (nSPS) is 34.7. The topological polar surface area (TPSA) is 74.7 Å². The zero-order valence-electron chi connectivity index (χ0n) is 11.7. The van der Waals surface area contributed by atoms with Crippen LogP contribution in [0, 0.1) is 11.3 Å². The van der Waals surface area contributed by atoms with Gasteiger partial charge >= 0.3 is 5.97 Å². The number of nitrogens with zero attached hydrogens (tertiary/aromatic N) is 1. The fourth-order valence-corrected chi connectivity index (χ4v) is 3.15. The first-order valence-electron chi connectivity index (χ1n) is 6.81. The monoisotopic (exact) mass is 267 g/mol. The van der Waals surface area contributed by atoms with Gasteiger partial charge in [-0.15, -0.1) is 0 Å². The number of carboxylic acids is 1. The molecule has 0 bridgehead atoms. The summed E-state index contributed by atoms with van der Waals surface area (Å²) in [6, 6.07) is 0. The van der Waals surface area contributed by atoms with E-state index in [1.807, 2.05) is 0 Å². The Morgan fingerprint density at radius 3 is 2.16 bits per heavy atom. The Hall–Kier alpha value is -1.39. The summed E-state index contributed by atoms with van der Waals surface area (Å²) in [5, 5.41) is 9.60. The number of likely N-dealkylation sites (tertiary alicyclic amines) is 1. The van der Waals surface area contributed by atoms with Crippen molar-refractivity contribution in [2.75, 3.05) is 0 Å². The molecule has 0 radical (unpaired) electrons. The molecule has 2 rings (SSSR count). The molecule has 106 valence electrons. The number of imide groups is 1. The van der Waals surface area contributed by atoms with Crippen molar-refractivity contribution in [2.45, 2.75) is 58.4 Å². The van der Waals surface area contributed by atoms with Crippen LogP contribution in [0.1, 0.15) is 52.9 Å². The molecule has 5 heteroatoms. The van der Waals surface area contributed by atoms with E-state index in [1.165, 1.54) is 0 Å². The Bertz CT molecular complexity index is 433. The highest BCUT2D eigenvalue weighted by atomic mass is 16.4. The molecule has 1 aliphatic carbocycles. The zero-order chi connectivity index (χ0) is 14.4. The highest BCUT2D eigenvalue weighted by Gasteiger charge is 2.57. The molecule has 1 aliphatic heterocycles. The van der Waals surface area contributed by atoms with Crippen LogP contribution in [0.3, 0.4) is 0 Å². The predicted octanol–water partition coefficient (Wildman–Crippen LogP) is 1.80. The van der Waals surface area contributed by atoms with E-state index < -0.39 is 16.9 Å². The Labute approximate surface area is 113 Å². The molecule has 19 heavy (non-hydrogen) atoms. The maximum absolute atomic E-state index is 12.4. The number of carbonyl (C=O) groups is 3. The van der Waals surface area contributed by atoms with Crippen molar-refractivity contribution in [3.05, 3.63) is 0 Å². The predicted molar refractivity (Wildman–Crippen MR) is 68.2 cm³/mol. The van der Waals surface area contributed by atoms with E-state index in [1.54, 1.807) is 13.8 Å². The van der Waals surface area contributed by atoms with Crippen LogP contribution in [0.5, 0.6) is 0 Å². The first-order valence-corrected chi connectivity index (χ1v) is 6.81. The van der Waals surface area contributed by atoms with Gasteiger partial charge in [0.25, 0.3) is 0 Å². The molecular formula is C14H21NO4. The van der Waals surface area contributed by atoms with Gasteiger partial charge in [0.2, 0.25) is 11.8 Å². The molecule has 0 atom stereocenters. The van der Waals surface area contributed by atoms with Gasteiger partial charge in [0, 0.05) is 6.42 Å². The standard InChI is InChI=1S/C14H21NO4/c1-9-4-6-14(7-5-9,12(18)19)15-10(16)8-13(2,3)11(15)17/h9H,4-8H2,1-3H3,(H,18,19). The minimum absolute atomic E-state index is 0.108. The first kappa shape index (κ1) is 14.0. The van der Waals surface area contributed by atoms with Crippen LogP contribution < -0.4 is 0 Å². The largest absolute Gasteiger partial charge is 0.479 e. The molecule has 0 unspecified atom stereocenters. The number of hydrogen-bond donors (Lipinski definition) is 1. The highest BCUT2D eigenvalue weighted by molar-refractivity contribution is 6.09. The average Bonchev–Trinajstić information content (AvgIpc) is 2.50. The summed E-state index contributed by atoms with van der Waals surface area (Å²) in [5.74, 6) is -1.27. The molecule has 1 saturated heterocycles. The molecular weight excluding hydrogens is 246 g/mol. The lowest BCUT2D eigenvalue weighted by atomic mass is 9.76. The van der Waals surface area contributed by atoms with Crippen molar-refractivity contribution >= 4 is 17.8 Å². The van der Waals surface area contributed by atoms with Crippen molar-refractivity contribution in [1.82, 2.24) is 4.90 Å². The third kappa shape index (κ3) is 2.05. The fraction of sp³-hybridized carbons (Fsp3) is 0.786. The number of rotatable bonds is 2. The van der Waals surface area contributed by atoms with Crippen LogP contribution in [0.25, 0.3) is 0 Å². The number of aliphatic carboxylic acids is 1. The Kier molecular flexibility index (Phi) is 3.19. The fourth-order valence-electron chi connectivity index (χ4n) is 3.15. The van der Waals surface area contributed by atoms with Gasteiger partial charge in [0.05, 0.1) is 5.41 Å². The summed E-state index contributed by atoms with van der Waals surface area (Å²) in [7, 11) is 0. The molecule has 2 aliphatic rings. The van der Waals surface area contributed by atoms with Crippen molar-refractivity contribution in [3.63, 3.8) is 0 Å². The second-order valence-electron chi connectivity index (χ2n) is 6.61. The van der Waals surface area contributed by atoms with Gasteiger partial charge in [-0.05, 0) is 31.6 Å². The lowest BCUT2D eigenvalue weighted by Gasteiger charge is -2.41. The van der Waals surface area contributed by atoms with Crippen LogP contribution in [-0.2, 0) is 14.4 Å². The summed E-state index contributed by atoms with van der Waals surface area (Å²) in [6.45, 7) is 5.48. The number of carboxylic acid groups (broad SMARTS) is 1. The van der Waals surface area contributed by atoms with E-state index in [9.17, 15) is 19.5 Å². The van der Waals surface area contributed by atoms with Crippen molar-refractivity contribution in [2.24, 2.45) is 11.3 Å². The quantitative estimate of drug-likeness (QED) is 0.774. The van der Waals surface area contributed by atoms with E-state index in [-0.39, 0.29) is 18.2 Å². The maximum Gasteiger partial charge on any atom is 0.330 e. The minimum Gasteiger partial charge on any atom is -0.479 e. The van der Waals surface area contributed by atoms with E-state index in [0.29, 0.717) is 18.8 Å². The van der Waals surface area contributed by atoms with Crippen molar-refractivity contribution in [1.29, 1.82) is 0 Å². The molecule has 1 saturated carbocycles. The Morgan fingerprint density at radius 2 is 1.79 bits per heavy atom. The van der Waals surface area contributed by atoms with E-state index in [4.69, 9.17) is 0 Å². The van der Waals surface area contributed by atoms with Crippen LogP contribution in [0.15, 0.2) is 0 Å². The molecule has 1 heterocycles. The molecule has 0 aromatic rings. The second kappa shape index (κ2) is 4.32. The molecule has 2 fully saturated rings. The van der Waals surface area contributed by atoms with Gasteiger partial charge in [-0.1, -0.05) is 20.8 Å². The van der Waals surface area contributed by atoms with E-state index >= 15 is 0 Å². The summed E-state index contributed by atoms with van der Waals surface area (Å²) in [5.41, 5.74) is -2.09. The summed E-state index contributed by atoms with van der Waals surface area (Å²) < 4.78 is 0. The van der Waals surface area contributed by atoms with Gasteiger partial charge in [0.1, 0.15) is 5.54 Å². The van der Waals surface area contributed by atoms with Crippen molar-refractivity contribution in [3.8, 4) is 0 Å². The molecule has 0 aromatic heterocycles. The van der Waals surface area contributed by atoms with Gasteiger partial charge in [-0.25, -0.2) is 4.79 Å². The van der Waals surface area contributed by atoms with Crippen LogP contribution >= 0.6 is 0 Å². The SMILES string of the molecule is CC1CCC(C(=O)O)(N2C(=O)CC(C)(C)C2=O)CC1. The van der Waals surface area contributed by atoms with Gasteiger partial charge in [-0.2, -0.15) is 0 Å². The van der Waals surface area contributed by atoms with Crippen molar-refractivity contribution < 1.29 is 19.5 Å². The molecule has 0 aromatic carbocycles. The van der Waals surface area contributed by atoms with E-state index in [0.717, 1.165) is 17.7 Å². The summed E-state index contributed by atoms with van der Waals surface area (Å²) >= 11 is 0. The third-order valence-corrected chi connectivity index (χ3v) is 4.55. The lowest BCUT2D eigenvalue weighted by Crippen LogP contribution is -2.59. The van der Waals surface area contributed by atoms with Crippen LogP contribution in [-0.4, -0.2) is 33.3 Å². The maximum atomic E-state index is 12.4. The van der Waals surface area contributed by atoms with Gasteiger partial charge in [0.15, 0.2) is 0 Å². The highest BCUT2D eigenvalue weighted by Crippen LogP contribution is 2.43. The number of amides is 2.